The molecule has 4 amide bonds. The van der Waals surface area contributed by atoms with Gasteiger partial charge in [0.25, 0.3) is 5.91 Å². The molecule has 4 unspecified atom stereocenters. The average molecular weight is 500 g/mol. The standard InChI is InChI=1S/C26H27ClFN3O4/c27-17-10-11-20(19(28)14-17)29-22(32)15-31-23-18-8-4-5-9-21(18)35-24(23)25(33)30(26(31)34)13-12-16-6-2-1-3-7-16/h1-3,6-7,10-11,14,18,21,23-24H,4-5,8-9,12-13,15H2,(H,29,32). The quantitative estimate of drug-likeness (QED) is 0.644. The molecule has 9 heteroatoms. The Labute approximate surface area is 208 Å². The monoisotopic (exact) mass is 499 g/mol. The second-order valence-electron chi connectivity index (χ2n) is 9.34. The third-order valence-corrected chi connectivity index (χ3v) is 7.39. The minimum absolute atomic E-state index is 0.00186. The summed E-state index contributed by atoms with van der Waals surface area (Å²) in [7, 11) is 0. The predicted molar refractivity (Wildman–Crippen MR) is 128 cm³/mol. The van der Waals surface area contributed by atoms with Crippen LogP contribution in [-0.2, 0) is 20.7 Å². The van der Waals surface area contributed by atoms with E-state index in [2.05, 4.69) is 5.32 Å². The van der Waals surface area contributed by atoms with E-state index in [1.807, 2.05) is 30.3 Å². The molecule has 184 valence electrons. The molecule has 0 radical (unpaired) electrons. The van der Waals surface area contributed by atoms with Gasteiger partial charge in [0, 0.05) is 17.5 Å². The van der Waals surface area contributed by atoms with E-state index in [0.717, 1.165) is 37.3 Å². The highest BCUT2D eigenvalue weighted by atomic mass is 35.5. The lowest BCUT2D eigenvalue weighted by molar-refractivity contribution is -0.147. The molecule has 0 spiro atoms. The number of hydrogen-bond donors (Lipinski definition) is 1. The zero-order chi connectivity index (χ0) is 24.5. The van der Waals surface area contributed by atoms with E-state index in [-0.39, 0.29) is 41.7 Å². The number of hydrogen-bond acceptors (Lipinski definition) is 4. The van der Waals surface area contributed by atoms with Crippen molar-refractivity contribution in [1.82, 2.24) is 9.80 Å². The normalized spacial score (nSPS) is 25.9. The summed E-state index contributed by atoms with van der Waals surface area (Å²) in [5.41, 5.74) is 0.981. The van der Waals surface area contributed by atoms with E-state index in [0.29, 0.717) is 6.42 Å². The number of fused-ring (bicyclic) bond motifs is 3. The van der Waals surface area contributed by atoms with Crippen molar-refractivity contribution in [2.75, 3.05) is 18.4 Å². The first-order valence-corrected chi connectivity index (χ1v) is 12.4. The molecule has 2 aromatic rings. The van der Waals surface area contributed by atoms with E-state index < -0.39 is 29.9 Å². The van der Waals surface area contributed by atoms with Gasteiger partial charge >= 0.3 is 6.03 Å². The van der Waals surface area contributed by atoms with E-state index in [9.17, 15) is 18.8 Å². The summed E-state index contributed by atoms with van der Waals surface area (Å²) in [5.74, 6) is -1.55. The van der Waals surface area contributed by atoms with Crippen LogP contribution in [0.25, 0.3) is 0 Å². The second-order valence-corrected chi connectivity index (χ2v) is 9.78. The van der Waals surface area contributed by atoms with Gasteiger partial charge in [0.2, 0.25) is 5.91 Å². The van der Waals surface area contributed by atoms with Gasteiger partial charge in [0.1, 0.15) is 12.4 Å². The van der Waals surface area contributed by atoms with E-state index in [4.69, 9.17) is 16.3 Å². The van der Waals surface area contributed by atoms with Crippen LogP contribution in [0, 0.1) is 11.7 Å². The van der Waals surface area contributed by atoms with Crippen molar-refractivity contribution in [1.29, 1.82) is 0 Å². The van der Waals surface area contributed by atoms with Gasteiger partial charge < -0.3 is 15.0 Å². The number of benzene rings is 2. The lowest BCUT2D eigenvalue weighted by atomic mass is 9.81. The number of carbonyl (C=O) groups excluding carboxylic acids is 3. The molecule has 0 bridgehead atoms. The van der Waals surface area contributed by atoms with Crippen LogP contribution in [0.1, 0.15) is 31.2 Å². The van der Waals surface area contributed by atoms with Gasteiger partial charge in [-0.3, -0.25) is 14.5 Å². The molecule has 5 rings (SSSR count). The molecule has 1 saturated carbocycles. The fraction of sp³-hybridized carbons (Fsp3) is 0.423. The van der Waals surface area contributed by atoms with Gasteiger partial charge in [-0.15, -0.1) is 0 Å². The molecule has 2 saturated heterocycles. The number of rotatable bonds is 6. The van der Waals surface area contributed by atoms with Crippen molar-refractivity contribution in [3.63, 3.8) is 0 Å². The minimum atomic E-state index is -0.795. The fourth-order valence-corrected chi connectivity index (χ4v) is 5.67. The lowest BCUT2D eigenvalue weighted by Gasteiger charge is -2.43. The molecule has 4 atom stereocenters. The largest absolute Gasteiger partial charge is 0.363 e. The zero-order valence-electron chi connectivity index (χ0n) is 19.2. The SMILES string of the molecule is O=C(CN1C(=O)N(CCc2ccccc2)C(=O)C2OC3CCCCC3C21)Nc1ccc(Cl)cc1F. The summed E-state index contributed by atoms with van der Waals surface area (Å²) in [4.78, 5) is 42.5. The van der Waals surface area contributed by atoms with Crippen LogP contribution in [0.15, 0.2) is 48.5 Å². The molecule has 7 nitrogen and oxygen atoms in total. The van der Waals surface area contributed by atoms with E-state index in [1.54, 1.807) is 0 Å². The Balaban J connectivity index is 1.38. The van der Waals surface area contributed by atoms with E-state index >= 15 is 0 Å². The van der Waals surface area contributed by atoms with Crippen molar-refractivity contribution in [3.8, 4) is 0 Å². The molecule has 3 fully saturated rings. The average Bonchev–Trinajstić information content (AvgIpc) is 3.24. The highest BCUT2D eigenvalue weighted by Gasteiger charge is 2.57. The molecule has 35 heavy (non-hydrogen) atoms. The van der Waals surface area contributed by atoms with Crippen LogP contribution in [0.2, 0.25) is 5.02 Å². The number of anilines is 1. The van der Waals surface area contributed by atoms with Gasteiger partial charge in [-0.1, -0.05) is 54.8 Å². The third kappa shape index (κ3) is 4.77. The van der Waals surface area contributed by atoms with E-state index in [1.165, 1.54) is 21.9 Å². The number of nitrogens with one attached hydrogen (secondary N) is 1. The molecule has 2 aliphatic heterocycles. The Kier molecular flexibility index (Phi) is 6.75. The van der Waals surface area contributed by atoms with Crippen LogP contribution in [0.3, 0.4) is 0 Å². The number of imide groups is 1. The number of ether oxygens (including phenoxy) is 1. The van der Waals surface area contributed by atoms with Crippen LogP contribution in [-0.4, -0.2) is 59.0 Å². The number of nitrogens with zero attached hydrogens (tertiary/aromatic N) is 2. The third-order valence-electron chi connectivity index (χ3n) is 7.16. The fourth-order valence-electron chi connectivity index (χ4n) is 5.51. The van der Waals surface area contributed by atoms with Crippen LogP contribution >= 0.6 is 11.6 Å². The molecule has 2 heterocycles. The maximum atomic E-state index is 14.2. The summed E-state index contributed by atoms with van der Waals surface area (Å²) in [6.45, 7) is -0.114. The second kappa shape index (κ2) is 9.95. The van der Waals surface area contributed by atoms with Crippen LogP contribution < -0.4 is 5.32 Å². The number of amides is 4. The van der Waals surface area contributed by atoms with Crippen molar-refractivity contribution in [3.05, 3.63) is 64.9 Å². The Morgan fingerprint density at radius 2 is 1.89 bits per heavy atom. The zero-order valence-corrected chi connectivity index (χ0v) is 19.9. The van der Waals surface area contributed by atoms with Gasteiger partial charge in [-0.05, 0) is 43.0 Å². The van der Waals surface area contributed by atoms with Gasteiger partial charge in [0.05, 0.1) is 17.8 Å². The van der Waals surface area contributed by atoms with Crippen LogP contribution in [0.4, 0.5) is 14.9 Å². The molecular weight excluding hydrogens is 473 g/mol. The van der Waals surface area contributed by atoms with Gasteiger partial charge in [0.15, 0.2) is 6.10 Å². The minimum Gasteiger partial charge on any atom is -0.363 e. The maximum Gasteiger partial charge on any atom is 0.327 e. The molecular formula is C26H27ClFN3O4. The van der Waals surface area contributed by atoms with Crippen molar-refractivity contribution < 1.29 is 23.5 Å². The topological polar surface area (TPSA) is 79.0 Å². The first-order chi connectivity index (χ1) is 16.9. The predicted octanol–water partition coefficient (Wildman–Crippen LogP) is 4.25. The Morgan fingerprint density at radius 3 is 2.66 bits per heavy atom. The Bertz CT molecular complexity index is 1130. The first-order valence-electron chi connectivity index (χ1n) is 12.0. The summed E-state index contributed by atoms with van der Waals surface area (Å²) in [6, 6.07) is 12.5. The Hall–Kier alpha value is -2.97. The number of urea groups is 1. The molecule has 3 aliphatic rings. The molecule has 0 aromatic heterocycles. The summed E-state index contributed by atoms with van der Waals surface area (Å²) >= 11 is 5.80. The molecule has 1 N–H and O–H groups in total. The van der Waals surface area contributed by atoms with Crippen molar-refractivity contribution in [2.45, 2.75) is 50.4 Å². The molecule has 1 aliphatic carbocycles. The van der Waals surface area contributed by atoms with Crippen molar-refractivity contribution >= 4 is 35.1 Å². The summed E-state index contributed by atoms with van der Waals surface area (Å²) in [5, 5.41) is 2.75. The maximum absolute atomic E-state index is 14.2. The highest BCUT2D eigenvalue weighted by molar-refractivity contribution is 6.30. The van der Waals surface area contributed by atoms with Crippen LogP contribution in [0.5, 0.6) is 0 Å². The van der Waals surface area contributed by atoms with Gasteiger partial charge in [-0.25, -0.2) is 9.18 Å². The smallest absolute Gasteiger partial charge is 0.327 e. The van der Waals surface area contributed by atoms with Crippen molar-refractivity contribution in [2.24, 2.45) is 5.92 Å². The van der Waals surface area contributed by atoms with Gasteiger partial charge in [-0.2, -0.15) is 0 Å². The number of carbonyl (C=O) groups is 3. The summed E-state index contributed by atoms with van der Waals surface area (Å²) < 4.78 is 20.4. The Morgan fingerprint density at radius 1 is 1.11 bits per heavy atom. The number of halogens is 2. The molecule has 2 aromatic carbocycles. The lowest BCUT2D eigenvalue weighted by Crippen LogP contribution is -2.65. The summed E-state index contributed by atoms with van der Waals surface area (Å²) in [6.07, 6.45) is 3.26. The first kappa shape index (κ1) is 23.8. The highest BCUT2D eigenvalue weighted by Crippen LogP contribution is 2.43.